The van der Waals surface area contributed by atoms with Crippen molar-refractivity contribution in [1.82, 2.24) is 5.32 Å². The van der Waals surface area contributed by atoms with Gasteiger partial charge in [-0.05, 0) is 65.7 Å². The van der Waals surface area contributed by atoms with Gasteiger partial charge in [-0.15, -0.1) is 0 Å². The van der Waals surface area contributed by atoms with Crippen LogP contribution in [0.2, 0.25) is 0 Å². The first kappa shape index (κ1) is 13.5. The summed E-state index contributed by atoms with van der Waals surface area (Å²) in [6.07, 6.45) is 4.34. The summed E-state index contributed by atoms with van der Waals surface area (Å²) in [6, 6.07) is 4.70. The lowest BCUT2D eigenvalue weighted by molar-refractivity contribution is 0.0922. The Morgan fingerprint density at radius 3 is 2.61 bits per heavy atom. The van der Waals surface area contributed by atoms with Crippen molar-refractivity contribution in [3.05, 3.63) is 34.1 Å². The minimum Gasteiger partial charge on any atom is -0.349 e. The molecule has 0 aliphatic heterocycles. The zero-order chi connectivity index (χ0) is 13.1. The maximum Gasteiger partial charge on any atom is 0.251 e. The third kappa shape index (κ3) is 3.31. The van der Waals surface area contributed by atoms with Crippen LogP contribution in [0.4, 0.5) is 4.39 Å². The Bertz CT molecular complexity index is 441. The van der Waals surface area contributed by atoms with E-state index in [1.165, 1.54) is 6.07 Å². The minimum absolute atomic E-state index is 0.180. The molecule has 0 heterocycles. The summed E-state index contributed by atoms with van der Waals surface area (Å²) >= 11 is 3.08. The molecule has 0 unspecified atom stereocenters. The normalized spacial score (nSPS) is 23.7. The second-order valence-corrected chi connectivity index (χ2v) is 5.91. The molecule has 1 saturated carbocycles. The number of nitrogens with one attached hydrogen (secondary N) is 1. The molecule has 0 saturated heterocycles. The van der Waals surface area contributed by atoms with Gasteiger partial charge in [0.2, 0.25) is 0 Å². The highest BCUT2D eigenvalue weighted by molar-refractivity contribution is 9.10. The van der Waals surface area contributed by atoms with Crippen molar-refractivity contribution < 1.29 is 9.18 Å². The van der Waals surface area contributed by atoms with E-state index in [9.17, 15) is 9.18 Å². The van der Waals surface area contributed by atoms with Crippen molar-refractivity contribution in [1.29, 1.82) is 0 Å². The number of halogens is 2. The molecule has 0 atom stereocenters. The molecule has 1 N–H and O–H groups in total. The van der Waals surface area contributed by atoms with Crippen molar-refractivity contribution in [3.8, 4) is 0 Å². The maximum atomic E-state index is 13.3. The lowest BCUT2D eigenvalue weighted by Crippen LogP contribution is -2.37. The quantitative estimate of drug-likeness (QED) is 0.881. The highest BCUT2D eigenvalue weighted by Crippen LogP contribution is 2.24. The van der Waals surface area contributed by atoms with Gasteiger partial charge in [0.1, 0.15) is 5.82 Å². The van der Waals surface area contributed by atoms with Gasteiger partial charge in [0, 0.05) is 11.6 Å². The molecule has 1 aliphatic rings. The Hall–Kier alpha value is -0.900. The van der Waals surface area contributed by atoms with E-state index in [1.54, 1.807) is 12.1 Å². The smallest absolute Gasteiger partial charge is 0.251 e. The van der Waals surface area contributed by atoms with E-state index in [2.05, 4.69) is 28.2 Å². The monoisotopic (exact) mass is 313 g/mol. The van der Waals surface area contributed by atoms with E-state index in [1.807, 2.05) is 0 Å². The molecule has 4 heteroatoms. The standard InChI is InChI=1S/C14H17BrFNO/c1-9-2-5-11(6-3-9)17-14(18)10-4-7-12(15)13(16)8-10/h4,7-9,11H,2-3,5-6H2,1H3,(H,17,18). The molecule has 98 valence electrons. The average molecular weight is 314 g/mol. The fourth-order valence-corrected chi connectivity index (χ4v) is 2.56. The van der Waals surface area contributed by atoms with Crippen LogP contribution in [0.5, 0.6) is 0 Å². The van der Waals surface area contributed by atoms with Crippen molar-refractivity contribution >= 4 is 21.8 Å². The Kier molecular flexibility index (Phi) is 4.38. The molecule has 1 aromatic carbocycles. The zero-order valence-electron chi connectivity index (χ0n) is 10.4. The van der Waals surface area contributed by atoms with Gasteiger partial charge in [0.15, 0.2) is 0 Å². The summed E-state index contributed by atoms with van der Waals surface area (Å²) in [5.41, 5.74) is 0.384. The Labute approximate surface area is 115 Å². The number of carbonyl (C=O) groups excluding carboxylic acids is 1. The van der Waals surface area contributed by atoms with Crippen molar-refractivity contribution in [2.45, 2.75) is 38.6 Å². The molecule has 1 aliphatic carbocycles. The topological polar surface area (TPSA) is 29.1 Å². The largest absolute Gasteiger partial charge is 0.349 e. The minimum atomic E-state index is -0.403. The van der Waals surface area contributed by atoms with E-state index in [-0.39, 0.29) is 11.9 Å². The predicted octanol–water partition coefficient (Wildman–Crippen LogP) is 3.90. The number of carbonyl (C=O) groups is 1. The summed E-state index contributed by atoms with van der Waals surface area (Å²) in [5, 5.41) is 2.98. The Morgan fingerprint density at radius 1 is 1.33 bits per heavy atom. The number of hydrogen-bond donors (Lipinski definition) is 1. The second-order valence-electron chi connectivity index (χ2n) is 5.06. The first-order valence-electron chi connectivity index (χ1n) is 6.32. The SMILES string of the molecule is CC1CCC(NC(=O)c2ccc(Br)c(F)c2)CC1. The Balaban J connectivity index is 1.97. The third-order valence-electron chi connectivity index (χ3n) is 3.53. The van der Waals surface area contributed by atoms with Gasteiger partial charge in [-0.3, -0.25) is 4.79 Å². The van der Waals surface area contributed by atoms with E-state index in [0.29, 0.717) is 10.0 Å². The molecular weight excluding hydrogens is 297 g/mol. The van der Waals surface area contributed by atoms with E-state index >= 15 is 0 Å². The number of rotatable bonds is 2. The van der Waals surface area contributed by atoms with Crippen LogP contribution in [0.1, 0.15) is 43.0 Å². The lowest BCUT2D eigenvalue weighted by Gasteiger charge is -2.26. The number of amides is 1. The van der Waals surface area contributed by atoms with Gasteiger partial charge in [-0.25, -0.2) is 4.39 Å². The third-order valence-corrected chi connectivity index (χ3v) is 4.18. The first-order chi connectivity index (χ1) is 8.56. The first-order valence-corrected chi connectivity index (χ1v) is 7.11. The lowest BCUT2D eigenvalue weighted by atomic mass is 9.87. The zero-order valence-corrected chi connectivity index (χ0v) is 12.0. The van der Waals surface area contributed by atoms with Crippen molar-refractivity contribution in [3.63, 3.8) is 0 Å². The summed E-state index contributed by atoms with van der Waals surface area (Å²) in [4.78, 5) is 12.0. The summed E-state index contributed by atoms with van der Waals surface area (Å²) in [5.74, 6) is 0.171. The summed E-state index contributed by atoms with van der Waals surface area (Å²) < 4.78 is 13.7. The molecule has 1 fully saturated rings. The molecule has 18 heavy (non-hydrogen) atoms. The van der Waals surface area contributed by atoms with Crippen LogP contribution in [-0.2, 0) is 0 Å². The van der Waals surface area contributed by atoms with Crippen molar-refractivity contribution in [2.24, 2.45) is 5.92 Å². The van der Waals surface area contributed by atoms with Gasteiger partial charge in [0.05, 0.1) is 4.47 Å². The van der Waals surface area contributed by atoms with Crippen LogP contribution < -0.4 is 5.32 Å². The fourth-order valence-electron chi connectivity index (χ4n) is 2.31. The van der Waals surface area contributed by atoms with Crippen molar-refractivity contribution in [2.75, 3.05) is 0 Å². The van der Waals surface area contributed by atoms with Crippen LogP contribution >= 0.6 is 15.9 Å². The molecule has 2 rings (SSSR count). The molecular formula is C14H17BrFNO. The molecule has 1 amide bonds. The van der Waals surface area contributed by atoms with Gasteiger partial charge >= 0.3 is 0 Å². The van der Waals surface area contributed by atoms with Crippen LogP contribution in [0.25, 0.3) is 0 Å². The Morgan fingerprint density at radius 2 is 2.00 bits per heavy atom. The predicted molar refractivity (Wildman–Crippen MR) is 73.0 cm³/mol. The highest BCUT2D eigenvalue weighted by atomic mass is 79.9. The van der Waals surface area contributed by atoms with Gasteiger partial charge in [0.25, 0.3) is 5.91 Å². The number of hydrogen-bond acceptors (Lipinski definition) is 1. The van der Waals surface area contributed by atoms with Gasteiger partial charge in [-0.2, -0.15) is 0 Å². The summed E-state index contributed by atoms with van der Waals surface area (Å²) in [7, 11) is 0. The molecule has 0 bridgehead atoms. The molecule has 2 nitrogen and oxygen atoms in total. The van der Waals surface area contributed by atoms with E-state index in [0.717, 1.165) is 31.6 Å². The molecule has 0 aromatic heterocycles. The van der Waals surface area contributed by atoms with Gasteiger partial charge in [-0.1, -0.05) is 6.92 Å². The van der Waals surface area contributed by atoms with E-state index in [4.69, 9.17) is 0 Å². The van der Waals surface area contributed by atoms with Crippen LogP contribution in [0, 0.1) is 11.7 Å². The fraction of sp³-hybridized carbons (Fsp3) is 0.500. The number of benzene rings is 1. The molecule has 1 aromatic rings. The van der Waals surface area contributed by atoms with Crippen LogP contribution in [0.15, 0.2) is 22.7 Å². The second kappa shape index (κ2) is 5.83. The van der Waals surface area contributed by atoms with Crippen LogP contribution in [0.3, 0.4) is 0 Å². The van der Waals surface area contributed by atoms with E-state index < -0.39 is 5.82 Å². The molecule has 0 radical (unpaired) electrons. The molecule has 0 spiro atoms. The average Bonchev–Trinajstić information content (AvgIpc) is 2.35. The van der Waals surface area contributed by atoms with Gasteiger partial charge < -0.3 is 5.32 Å². The summed E-state index contributed by atoms with van der Waals surface area (Å²) in [6.45, 7) is 2.24. The maximum absolute atomic E-state index is 13.3. The van der Waals surface area contributed by atoms with Crippen LogP contribution in [-0.4, -0.2) is 11.9 Å². The highest BCUT2D eigenvalue weighted by Gasteiger charge is 2.20.